The molecule has 1 heterocycles. The van der Waals surface area contributed by atoms with E-state index < -0.39 is 5.60 Å². The lowest BCUT2D eigenvalue weighted by Gasteiger charge is -2.14. The number of hydrogen-bond donors (Lipinski definition) is 1. The van der Waals surface area contributed by atoms with E-state index in [9.17, 15) is 9.90 Å². The highest BCUT2D eigenvalue weighted by Crippen LogP contribution is 2.22. The van der Waals surface area contributed by atoms with Crippen LogP contribution in [0, 0.1) is 11.8 Å². The zero-order valence-electron chi connectivity index (χ0n) is 8.68. The zero-order valence-corrected chi connectivity index (χ0v) is 8.68. The van der Waals surface area contributed by atoms with Crippen LogP contribution in [0.15, 0.2) is 36.7 Å². The van der Waals surface area contributed by atoms with Gasteiger partial charge in [0.05, 0.1) is 0 Å². The lowest BCUT2D eigenvalue weighted by molar-refractivity contribution is -0.116. The van der Waals surface area contributed by atoms with Crippen molar-refractivity contribution >= 4 is 5.78 Å². The number of ketones is 1. The quantitative estimate of drug-likeness (QED) is 0.710. The van der Waals surface area contributed by atoms with Gasteiger partial charge < -0.3 is 5.11 Å². The van der Waals surface area contributed by atoms with Gasteiger partial charge in [0, 0.05) is 30.8 Å². The lowest BCUT2D eigenvalue weighted by Crippen LogP contribution is -2.23. The summed E-state index contributed by atoms with van der Waals surface area (Å²) in [6.07, 6.45) is 6.67. The maximum absolute atomic E-state index is 11.0. The molecule has 1 aliphatic carbocycles. The predicted molar refractivity (Wildman–Crippen MR) is 59.4 cm³/mol. The minimum absolute atomic E-state index is 0.0503. The molecule has 2 rings (SSSR count). The topological polar surface area (TPSA) is 50.2 Å². The van der Waals surface area contributed by atoms with E-state index in [4.69, 9.17) is 0 Å². The molecule has 1 N–H and O–H groups in total. The average molecular weight is 213 g/mol. The van der Waals surface area contributed by atoms with Gasteiger partial charge in [0.1, 0.15) is 5.60 Å². The summed E-state index contributed by atoms with van der Waals surface area (Å²) in [7, 11) is 0. The van der Waals surface area contributed by atoms with Gasteiger partial charge in [0.15, 0.2) is 5.78 Å². The fraction of sp³-hybridized carbons (Fsp3) is 0.231. The summed E-state index contributed by atoms with van der Waals surface area (Å²) < 4.78 is 0. The van der Waals surface area contributed by atoms with Crippen molar-refractivity contribution in [3.8, 4) is 11.8 Å². The first-order valence-corrected chi connectivity index (χ1v) is 5.01. The van der Waals surface area contributed by atoms with Crippen LogP contribution in [-0.2, 0) is 4.79 Å². The van der Waals surface area contributed by atoms with E-state index in [2.05, 4.69) is 16.8 Å². The van der Waals surface area contributed by atoms with E-state index in [1.165, 1.54) is 12.2 Å². The molecule has 0 saturated carbocycles. The molecule has 1 aromatic heterocycles. The van der Waals surface area contributed by atoms with Crippen molar-refractivity contribution in [1.29, 1.82) is 0 Å². The fourth-order valence-corrected chi connectivity index (χ4v) is 1.53. The Bertz CT molecular complexity index is 482. The van der Waals surface area contributed by atoms with Crippen LogP contribution in [0.3, 0.4) is 0 Å². The largest absolute Gasteiger partial charge is 0.384 e. The van der Waals surface area contributed by atoms with E-state index in [-0.39, 0.29) is 18.6 Å². The van der Waals surface area contributed by atoms with Gasteiger partial charge in [0.25, 0.3) is 0 Å². The molecule has 0 fully saturated rings. The number of aliphatic hydroxyl groups is 1. The Hall–Kier alpha value is -1.92. The van der Waals surface area contributed by atoms with Crippen LogP contribution in [0.4, 0.5) is 0 Å². The second kappa shape index (κ2) is 4.30. The van der Waals surface area contributed by atoms with Crippen LogP contribution in [0.2, 0.25) is 0 Å². The number of hydrogen-bond acceptors (Lipinski definition) is 3. The van der Waals surface area contributed by atoms with E-state index in [0.717, 1.165) is 5.56 Å². The molecule has 3 heteroatoms. The summed E-state index contributed by atoms with van der Waals surface area (Å²) in [4.78, 5) is 14.9. The first-order chi connectivity index (χ1) is 7.68. The zero-order chi connectivity index (χ0) is 11.4. The number of carbonyl (C=O) groups is 1. The normalized spacial score (nSPS) is 22.9. The van der Waals surface area contributed by atoms with Crippen molar-refractivity contribution in [3.63, 3.8) is 0 Å². The van der Waals surface area contributed by atoms with Gasteiger partial charge in [-0.05, 0) is 24.3 Å². The number of rotatable bonds is 1. The van der Waals surface area contributed by atoms with Crippen molar-refractivity contribution < 1.29 is 9.90 Å². The van der Waals surface area contributed by atoms with E-state index in [1.807, 2.05) is 6.07 Å². The molecule has 16 heavy (non-hydrogen) atoms. The molecule has 0 spiro atoms. The van der Waals surface area contributed by atoms with Gasteiger partial charge in [-0.3, -0.25) is 9.78 Å². The first kappa shape index (κ1) is 10.6. The Balaban J connectivity index is 2.01. The fourth-order valence-electron chi connectivity index (χ4n) is 1.53. The van der Waals surface area contributed by atoms with Crippen LogP contribution in [0.5, 0.6) is 0 Å². The molecule has 3 nitrogen and oxygen atoms in total. The average Bonchev–Trinajstić information content (AvgIpc) is 2.60. The van der Waals surface area contributed by atoms with Crippen molar-refractivity contribution in [3.05, 3.63) is 42.2 Å². The number of carbonyl (C=O) groups excluding carboxylic acids is 1. The summed E-state index contributed by atoms with van der Waals surface area (Å²) >= 11 is 0. The number of allylic oxidation sites excluding steroid dienone is 1. The molecular weight excluding hydrogens is 202 g/mol. The Morgan fingerprint density at radius 2 is 2.44 bits per heavy atom. The molecule has 1 aromatic rings. The van der Waals surface area contributed by atoms with Gasteiger partial charge >= 0.3 is 0 Å². The highest BCUT2D eigenvalue weighted by Gasteiger charge is 2.30. The first-order valence-electron chi connectivity index (χ1n) is 5.01. The monoisotopic (exact) mass is 213 g/mol. The van der Waals surface area contributed by atoms with E-state index in [0.29, 0.717) is 0 Å². The number of pyridine rings is 1. The van der Waals surface area contributed by atoms with Crippen LogP contribution < -0.4 is 0 Å². The maximum atomic E-state index is 11.0. The van der Waals surface area contributed by atoms with Crippen LogP contribution in [0.25, 0.3) is 0 Å². The van der Waals surface area contributed by atoms with Gasteiger partial charge in [-0.15, -0.1) is 0 Å². The standard InChI is InChI=1S/C13H11NO2/c15-12-5-7-13(16,9-12)6-1-3-11-4-2-8-14-10-11/h2,4-5,7-8,10,16H,6,9H2. The third kappa shape index (κ3) is 2.56. The van der Waals surface area contributed by atoms with Crippen LogP contribution >= 0.6 is 0 Å². The highest BCUT2D eigenvalue weighted by molar-refractivity contribution is 5.93. The van der Waals surface area contributed by atoms with Gasteiger partial charge in [0.2, 0.25) is 0 Å². The second-order valence-corrected chi connectivity index (χ2v) is 3.80. The maximum Gasteiger partial charge on any atom is 0.158 e. The Morgan fingerprint density at radius 3 is 3.06 bits per heavy atom. The molecule has 0 saturated heterocycles. The highest BCUT2D eigenvalue weighted by atomic mass is 16.3. The molecule has 1 unspecified atom stereocenters. The van der Waals surface area contributed by atoms with Gasteiger partial charge in [-0.25, -0.2) is 0 Å². The molecule has 0 radical (unpaired) electrons. The van der Waals surface area contributed by atoms with Crippen molar-refractivity contribution in [2.45, 2.75) is 18.4 Å². The second-order valence-electron chi connectivity index (χ2n) is 3.80. The molecule has 1 atom stereocenters. The Morgan fingerprint density at radius 1 is 1.56 bits per heavy atom. The minimum Gasteiger partial charge on any atom is -0.384 e. The molecule has 80 valence electrons. The van der Waals surface area contributed by atoms with Crippen molar-refractivity contribution in [1.82, 2.24) is 4.98 Å². The third-order valence-corrected chi connectivity index (χ3v) is 2.35. The summed E-state index contributed by atoms with van der Waals surface area (Å²) in [5.41, 5.74) is -0.272. The van der Waals surface area contributed by atoms with Gasteiger partial charge in [-0.1, -0.05) is 11.8 Å². The predicted octanol–water partition coefficient (Wildman–Crippen LogP) is 1.08. The van der Waals surface area contributed by atoms with Crippen molar-refractivity contribution in [2.24, 2.45) is 0 Å². The van der Waals surface area contributed by atoms with E-state index in [1.54, 1.807) is 18.5 Å². The molecule has 1 aliphatic rings. The lowest BCUT2D eigenvalue weighted by atomic mass is 9.99. The molecule has 0 bridgehead atoms. The van der Waals surface area contributed by atoms with Gasteiger partial charge in [-0.2, -0.15) is 0 Å². The minimum atomic E-state index is -1.08. The molecule has 0 aromatic carbocycles. The summed E-state index contributed by atoms with van der Waals surface area (Å²) in [6.45, 7) is 0. The SMILES string of the molecule is O=C1C=CC(O)(CC#Cc2cccnc2)C1. The summed E-state index contributed by atoms with van der Waals surface area (Å²) in [6, 6.07) is 3.65. The summed E-state index contributed by atoms with van der Waals surface area (Å²) in [5, 5.41) is 9.91. The Kier molecular flexibility index (Phi) is 2.84. The summed E-state index contributed by atoms with van der Waals surface area (Å²) in [5.74, 6) is 5.70. The Labute approximate surface area is 93.8 Å². The van der Waals surface area contributed by atoms with E-state index >= 15 is 0 Å². The van der Waals surface area contributed by atoms with Crippen LogP contribution in [0.1, 0.15) is 18.4 Å². The van der Waals surface area contributed by atoms with Crippen molar-refractivity contribution in [2.75, 3.05) is 0 Å². The third-order valence-electron chi connectivity index (χ3n) is 2.35. The van der Waals surface area contributed by atoms with Crippen LogP contribution in [-0.4, -0.2) is 21.5 Å². The molecular formula is C13H11NO2. The smallest absolute Gasteiger partial charge is 0.158 e. The number of nitrogens with zero attached hydrogens (tertiary/aromatic N) is 1. The number of aromatic nitrogens is 1. The molecule has 0 aliphatic heterocycles. The molecule has 0 amide bonds.